The first kappa shape index (κ1) is 17.5. The Balaban J connectivity index is 1.71. The monoisotopic (exact) mass is 333 g/mol. The highest BCUT2D eigenvalue weighted by Crippen LogP contribution is 2.11. The number of halogens is 1. The van der Waals surface area contributed by atoms with Gasteiger partial charge >= 0.3 is 0 Å². The number of hydrogen-bond donors (Lipinski definition) is 1. The van der Waals surface area contributed by atoms with Crippen LogP contribution in [0.2, 0.25) is 5.02 Å². The summed E-state index contributed by atoms with van der Waals surface area (Å²) in [6.07, 6.45) is 2.25. The molecule has 2 rings (SSSR count). The van der Waals surface area contributed by atoms with E-state index in [1.165, 1.54) is 5.56 Å². The molecule has 0 spiro atoms. The molecule has 5 heteroatoms. The normalized spacial score (nSPS) is 12.2. The van der Waals surface area contributed by atoms with Crippen molar-refractivity contribution in [3.63, 3.8) is 0 Å². The molecule has 2 aromatic rings. The Morgan fingerprint density at radius 2 is 2.00 bits per heavy atom. The molecule has 1 aromatic heterocycles. The number of aryl methyl sites for hydroxylation is 3. The molecule has 1 N–H and O–H groups in total. The maximum absolute atomic E-state index is 12.0. The zero-order valence-corrected chi connectivity index (χ0v) is 14.7. The molecule has 0 saturated heterocycles. The standard InChI is InChI=1S/C18H24ClN3O/c1-13-11-15(3)22(21-13)12-14(2)20-18(23)6-4-5-16-7-9-17(19)10-8-16/h7-11,14H,4-6,12H2,1-3H3,(H,20,23)/t14-/m0/s1. The first-order chi connectivity index (χ1) is 10.9. The van der Waals surface area contributed by atoms with E-state index in [2.05, 4.69) is 10.4 Å². The van der Waals surface area contributed by atoms with Crippen LogP contribution in [0.5, 0.6) is 0 Å². The van der Waals surface area contributed by atoms with Gasteiger partial charge in [-0.3, -0.25) is 9.48 Å². The minimum atomic E-state index is 0.0658. The molecule has 124 valence electrons. The molecule has 4 nitrogen and oxygen atoms in total. The number of nitrogens with one attached hydrogen (secondary N) is 1. The summed E-state index contributed by atoms with van der Waals surface area (Å²) >= 11 is 5.86. The van der Waals surface area contributed by atoms with Gasteiger partial charge in [0.2, 0.25) is 5.91 Å². The van der Waals surface area contributed by atoms with E-state index in [-0.39, 0.29) is 11.9 Å². The van der Waals surface area contributed by atoms with Crippen LogP contribution in [0.1, 0.15) is 36.7 Å². The van der Waals surface area contributed by atoms with E-state index in [0.717, 1.165) is 29.3 Å². The Labute approximate surface area is 142 Å². The lowest BCUT2D eigenvalue weighted by atomic mass is 10.1. The number of carbonyl (C=O) groups excluding carboxylic acids is 1. The van der Waals surface area contributed by atoms with Gasteiger partial charge in [-0.25, -0.2) is 0 Å². The van der Waals surface area contributed by atoms with Gasteiger partial charge in [0, 0.05) is 23.2 Å². The van der Waals surface area contributed by atoms with E-state index in [1.807, 2.05) is 55.8 Å². The van der Waals surface area contributed by atoms with Crippen molar-refractivity contribution in [3.05, 3.63) is 52.3 Å². The summed E-state index contributed by atoms with van der Waals surface area (Å²) in [6, 6.07) is 9.88. The molecule has 1 aromatic carbocycles. The lowest BCUT2D eigenvalue weighted by molar-refractivity contribution is -0.121. The van der Waals surface area contributed by atoms with Gasteiger partial charge in [-0.2, -0.15) is 5.10 Å². The maximum Gasteiger partial charge on any atom is 0.220 e. The van der Waals surface area contributed by atoms with Crippen molar-refractivity contribution in [1.82, 2.24) is 15.1 Å². The summed E-state index contributed by atoms with van der Waals surface area (Å²) in [4.78, 5) is 12.0. The van der Waals surface area contributed by atoms with E-state index < -0.39 is 0 Å². The molecule has 1 heterocycles. The lowest BCUT2D eigenvalue weighted by Gasteiger charge is -2.15. The average molecular weight is 334 g/mol. The SMILES string of the molecule is Cc1cc(C)n(C[C@H](C)NC(=O)CCCc2ccc(Cl)cc2)n1. The molecule has 0 aliphatic carbocycles. The lowest BCUT2D eigenvalue weighted by Crippen LogP contribution is -2.36. The van der Waals surface area contributed by atoms with Crippen LogP contribution in [0.4, 0.5) is 0 Å². The van der Waals surface area contributed by atoms with E-state index in [4.69, 9.17) is 11.6 Å². The Kier molecular flexibility index (Phi) is 6.22. The van der Waals surface area contributed by atoms with Crippen molar-refractivity contribution in [2.75, 3.05) is 0 Å². The third kappa shape index (κ3) is 5.71. The number of aromatic nitrogens is 2. The summed E-state index contributed by atoms with van der Waals surface area (Å²) in [5, 5.41) is 8.20. The fourth-order valence-electron chi connectivity index (χ4n) is 2.62. The van der Waals surface area contributed by atoms with Crippen LogP contribution in [0.3, 0.4) is 0 Å². The van der Waals surface area contributed by atoms with Crippen LogP contribution in [0.25, 0.3) is 0 Å². The summed E-state index contributed by atoms with van der Waals surface area (Å²) < 4.78 is 1.94. The smallest absolute Gasteiger partial charge is 0.220 e. The van der Waals surface area contributed by atoms with Crippen LogP contribution < -0.4 is 5.32 Å². The number of nitrogens with zero attached hydrogens (tertiary/aromatic N) is 2. The van der Waals surface area contributed by atoms with E-state index in [1.54, 1.807) is 0 Å². The van der Waals surface area contributed by atoms with Gasteiger partial charge in [-0.1, -0.05) is 23.7 Å². The second-order valence-corrected chi connectivity index (χ2v) is 6.49. The number of amides is 1. The van der Waals surface area contributed by atoms with Crippen LogP contribution in [0.15, 0.2) is 30.3 Å². The van der Waals surface area contributed by atoms with Gasteiger partial charge in [0.05, 0.1) is 12.2 Å². The Morgan fingerprint density at radius 1 is 1.30 bits per heavy atom. The Bertz CT molecular complexity index is 649. The molecule has 0 unspecified atom stereocenters. The summed E-state index contributed by atoms with van der Waals surface area (Å²) in [5.74, 6) is 0.0907. The predicted molar refractivity (Wildman–Crippen MR) is 93.7 cm³/mol. The van der Waals surface area contributed by atoms with Gasteiger partial charge in [0.1, 0.15) is 0 Å². The molecule has 0 radical (unpaired) electrons. The number of carbonyl (C=O) groups is 1. The topological polar surface area (TPSA) is 46.9 Å². The van der Waals surface area contributed by atoms with Crippen LogP contribution >= 0.6 is 11.6 Å². The summed E-state index contributed by atoms with van der Waals surface area (Å²) in [5.41, 5.74) is 3.33. The van der Waals surface area contributed by atoms with Gasteiger partial charge < -0.3 is 5.32 Å². The van der Waals surface area contributed by atoms with Crippen molar-refractivity contribution < 1.29 is 4.79 Å². The van der Waals surface area contributed by atoms with Gasteiger partial charge in [0.15, 0.2) is 0 Å². The fraction of sp³-hybridized carbons (Fsp3) is 0.444. The summed E-state index contributed by atoms with van der Waals surface area (Å²) in [7, 11) is 0. The molecule has 0 fully saturated rings. The highest BCUT2D eigenvalue weighted by Gasteiger charge is 2.10. The second kappa shape index (κ2) is 8.16. The van der Waals surface area contributed by atoms with Crippen LogP contribution in [0, 0.1) is 13.8 Å². The van der Waals surface area contributed by atoms with Gasteiger partial charge in [0.25, 0.3) is 0 Å². The van der Waals surface area contributed by atoms with Gasteiger partial charge in [-0.05, 0) is 57.4 Å². The average Bonchev–Trinajstić information content (AvgIpc) is 2.78. The highest BCUT2D eigenvalue weighted by molar-refractivity contribution is 6.30. The third-order valence-electron chi connectivity index (χ3n) is 3.74. The fourth-order valence-corrected chi connectivity index (χ4v) is 2.74. The minimum Gasteiger partial charge on any atom is -0.352 e. The zero-order chi connectivity index (χ0) is 16.8. The number of benzene rings is 1. The van der Waals surface area contributed by atoms with Crippen LogP contribution in [-0.4, -0.2) is 21.7 Å². The quantitative estimate of drug-likeness (QED) is 0.840. The van der Waals surface area contributed by atoms with Crippen molar-refractivity contribution in [2.24, 2.45) is 0 Å². The Morgan fingerprint density at radius 3 is 2.61 bits per heavy atom. The van der Waals surface area contributed by atoms with E-state index in [9.17, 15) is 4.79 Å². The van der Waals surface area contributed by atoms with E-state index in [0.29, 0.717) is 13.0 Å². The first-order valence-electron chi connectivity index (χ1n) is 7.99. The molecule has 0 saturated carbocycles. The molecular formula is C18H24ClN3O. The van der Waals surface area contributed by atoms with Gasteiger partial charge in [-0.15, -0.1) is 0 Å². The van der Waals surface area contributed by atoms with Crippen molar-refractivity contribution in [2.45, 2.75) is 52.6 Å². The summed E-state index contributed by atoms with van der Waals surface area (Å²) in [6.45, 7) is 6.71. The van der Waals surface area contributed by atoms with Crippen molar-refractivity contribution in [1.29, 1.82) is 0 Å². The van der Waals surface area contributed by atoms with Crippen LogP contribution in [-0.2, 0) is 17.8 Å². The Hall–Kier alpha value is -1.81. The molecule has 0 aliphatic heterocycles. The number of hydrogen-bond acceptors (Lipinski definition) is 2. The van der Waals surface area contributed by atoms with E-state index >= 15 is 0 Å². The van der Waals surface area contributed by atoms with Crippen molar-refractivity contribution >= 4 is 17.5 Å². The molecular weight excluding hydrogens is 310 g/mol. The largest absolute Gasteiger partial charge is 0.352 e. The maximum atomic E-state index is 12.0. The minimum absolute atomic E-state index is 0.0658. The van der Waals surface area contributed by atoms with Crippen molar-refractivity contribution in [3.8, 4) is 0 Å². The molecule has 1 amide bonds. The first-order valence-corrected chi connectivity index (χ1v) is 8.36. The highest BCUT2D eigenvalue weighted by atomic mass is 35.5. The second-order valence-electron chi connectivity index (χ2n) is 6.06. The molecule has 23 heavy (non-hydrogen) atoms. The molecule has 0 bridgehead atoms. The zero-order valence-electron chi connectivity index (χ0n) is 14.0. The molecule has 0 aliphatic rings. The molecule has 1 atom stereocenters. The third-order valence-corrected chi connectivity index (χ3v) is 3.99. The number of rotatable bonds is 7. The predicted octanol–water partition coefficient (Wildman–Crippen LogP) is 3.68.